The Hall–Kier alpha value is -4.10. The number of alkyl halides is 2. The molecule has 0 fully saturated rings. The second-order valence-electron chi connectivity index (χ2n) is 7.80. The number of methoxy groups -OCH3 is 1. The standard InChI is InChI=1S/C26H21F3N4O4S2/c1-3-12-33-22(16-6-10-18(11-7-16)37-25(28)29)31-32-26(33)39-14-20(34)30-23-21(24(35)36-2)19(13-38-23)15-4-8-17(27)9-5-15/h3-11,13,25H,1,12,14H2,2H3,(H,30,34). The van der Waals surface area contributed by atoms with E-state index >= 15 is 0 Å². The van der Waals surface area contributed by atoms with Crippen LogP contribution in [0.1, 0.15) is 10.4 Å². The number of nitrogens with one attached hydrogen (secondary N) is 1. The van der Waals surface area contributed by atoms with Crippen molar-refractivity contribution in [2.24, 2.45) is 0 Å². The molecule has 39 heavy (non-hydrogen) atoms. The monoisotopic (exact) mass is 574 g/mol. The van der Waals surface area contributed by atoms with Crippen LogP contribution in [0.25, 0.3) is 22.5 Å². The largest absolute Gasteiger partial charge is 0.465 e. The number of anilines is 1. The summed E-state index contributed by atoms with van der Waals surface area (Å²) < 4.78 is 49.3. The molecule has 202 valence electrons. The maximum atomic E-state index is 13.4. The first-order valence-electron chi connectivity index (χ1n) is 11.3. The van der Waals surface area contributed by atoms with Crippen molar-refractivity contribution >= 4 is 40.0 Å². The van der Waals surface area contributed by atoms with Crippen LogP contribution in [0.15, 0.2) is 71.7 Å². The van der Waals surface area contributed by atoms with Crippen molar-refractivity contribution in [3.63, 3.8) is 0 Å². The molecule has 0 bridgehead atoms. The molecule has 0 saturated heterocycles. The number of esters is 1. The molecular weight excluding hydrogens is 553 g/mol. The molecule has 2 aromatic carbocycles. The third kappa shape index (κ3) is 6.67. The van der Waals surface area contributed by atoms with Gasteiger partial charge < -0.3 is 14.8 Å². The lowest BCUT2D eigenvalue weighted by atomic mass is 10.0. The first-order valence-corrected chi connectivity index (χ1v) is 13.1. The number of benzene rings is 2. The lowest BCUT2D eigenvalue weighted by Crippen LogP contribution is -2.16. The highest BCUT2D eigenvalue weighted by Crippen LogP contribution is 2.36. The van der Waals surface area contributed by atoms with Crippen molar-refractivity contribution in [2.75, 3.05) is 18.2 Å². The summed E-state index contributed by atoms with van der Waals surface area (Å²) in [5.74, 6) is -1.04. The van der Waals surface area contributed by atoms with Gasteiger partial charge >= 0.3 is 12.6 Å². The number of hydrogen-bond acceptors (Lipinski definition) is 8. The predicted molar refractivity (Wildman–Crippen MR) is 143 cm³/mol. The van der Waals surface area contributed by atoms with Crippen LogP contribution in [0.3, 0.4) is 0 Å². The van der Waals surface area contributed by atoms with Gasteiger partial charge in [0.05, 0.1) is 12.9 Å². The van der Waals surface area contributed by atoms with Crippen molar-refractivity contribution in [3.8, 4) is 28.3 Å². The number of ether oxygens (including phenoxy) is 2. The zero-order chi connectivity index (χ0) is 27.9. The van der Waals surface area contributed by atoms with Crippen LogP contribution >= 0.6 is 23.1 Å². The molecular formula is C26H21F3N4O4S2. The van der Waals surface area contributed by atoms with Crippen LogP contribution in [-0.2, 0) is 16.1 Å². The predicted octanol–water partition coefficient (Wildman–Crippen LogP) is 6.12. The second kappa shape index (κ2) is 12.6. The normalized spacial score (nSPS) is 10.9. The lowest BCUT2D eigenvalue weighted by molar-refractivity contribution is -0.113. The molecule has 1 N–H and O–H groups in total. The minimum atomic E-state index is -2.93. The van der Waals surface area contributed by atoms with E-state index in [9.17, 15) is 22.8 Å². The summed E-state index contributed by atoms with van der Waals surface area (Å²) >= 11 is 2.27. The van der Waals surface area contributed by atoms with Gasteiger partial charge in [-0.1, -0.05) is 30.0 Å². The van der Waals surface area contributed by atoms with Gasteiger partial charge in [0, 0.05) is 23.1 Å². The van der Waals surface area contributed by atoms with Crippen molar-refractivity contribution in [2.45, 2.75) is 18.3 Å². The Bertz CT molecular complexity index is 1470. The minimum Gasteiger partial charge on any atom is -0.465 e. The summed E-state index contributed by atoms with van der Waals surface area (Å²) in [5, 5.41) is 13.5. The van der Waals surface area contributed by atoms with Gasteiger partial charge in [-0.05, 0) is 42.0 Å². The fourth-order valence-electron chi connectivity index (χ4n) is 3.58. The summed E-state index contributed by atoms with van der Waals surface area (Å²) in [5.41, 5.74) is 1.89. The van der Waals surface area contributed by atoms with Crippen LogP contribution in [0.5, 0.6) is 5.75 Å². The number of carbonyl (C=O) groups is 2. The summed E-state index contributed by atoms with van der Waals surface area (Å²) in [6.07, 6.45) is 1.64. The fourth-order valence-corrected chi connectivity index (χ4v) is 5.30. The van der Waals surface area contributed by atoms with E-state index in [1.54, 1.807) is 28.2 Å². The van der Waals surface area contributed by atoms with E-state index in [-0.39, 0.29) is 17.1 Å². The van der Waals surface area contributed by atoms with E-state index in [4.69, 9.17) is 4.74 Å². The number of carbonyl (C=O) groups excluding carboxylic acids is 2. The Morgan fingerprint density at radius 2 is 1.82 bits per heavy atom. The van der Waals surface area contributed by atoms with E-state index in [1.165, 1.54) is 43.5 Å². The maximum absolute atomic E-state index is 13.4. The number of nitrogens with zero attached hydrogens (tertiary/aromatic N) is 3. The van der Waals surface area contributed by atoms with E-state index in [0.717, 1.165) is 23.1 Å². The Morgan fingerprint density at radius 1 is 1.13 bits per heavy atom. The van der Waals surface area contributed by atoms with Gasteiger partial charge in [0.25, 0.3) is 0 Å². The van der Waals surface area contributed by atoms with Crippen LogP contribution in [0, 0.1) is 5.82 Å². The van der Waals surface area contributed by atoms with Gasteiger partial charge in [-0.2, -0.15) is 8.78 Å². The van der Waals surface area contributed by atoms with Gasteiger partial charge in [-0.15, -0.1) is 28.1 Å². The molecule has 0 unspecified atom stereocenters. The van der Waals surface area contributed by atoms with E-state index in [0.29, 0.717) is 39.2 Å². The van der Waals surface area contributed by atoms with Gasteiger partial charge in [0.1, 0.15) is 22.1 Å². The van der Waals surface area contributed by atoms with Crippen molar-refractivity contribution in [1.82, 2.24) is 14.8 Å². The molecule has 1 amide bonds. The molecule has 13 heteroatoms. The number of amides is 1. The Morgan fingerprint density at radius 3 is 2.46 bits per heavy atom. The summed E-state index contributed by atoms with van der Waals surface area (Å²) in [7, 11) is 1.24. The van der Waals surface area contributed by atoms with E-state index in [1.807, 2.05) is 0 Å². The summed E-state index contributed by atoms with van der Waals surface area (Å²) in [4.78, 5) is 25.4. The molecule has 0 spiro atoms. The Kier molecular flexibility index (Phi) is 9.04. The average Bonchev–Trinajstić information content (AvgIpc) is 3.52. The third-order valence-corrected chi connectivity index (χ3v) is 7.15. The molecule has 4 aromatic rings. The Labute approximate surface area is 229 Å². The first-order chi connectivity index (χ1) is 18.8. The molecule has 2 heterocycles. The number of hydrogen-bond donors (Lipinski definition) is 1. The molecule has 0 saturated carbocycles. The average molecular weight is 575 g/mol. The van der Waals surface area contributed by atoms with Crippen LogP contribution in [-0.4, -0.2) is 46.1 Å². The third-order valence-electron chi connectivity index (χ3n) is 5.29. The molecule has 8 nitrogen and oxygen atoms in total. The topological polar surface area (TPSA) is 95.3 Å². The van der Waals surface area contributed by atoms with Gasteiger partial charge in [0.2, 0.25) is 5.91 Å². The number of aromatic nitrogens is 3. The van der Waals surface area contributed by atoms with E-state index < -0.39 is 24.3 Å². The molecule has 4 rings (SSSR count). The van der Waals surface area contributed by atoms with Crippen LogP contribution in [0.2, 0.25) is 0 Å². The number of allylic oxidation sites excluding steroid dienone is 1. The minimum absolute atomic E-state index is 0.0114. The quantitative estimate of drug-likeness (QED) is 0.131. The highest BCUT2D eigenvalue weighted by Gasteiger charge is 2.23. The molecule has 0 atom stereocenters. The lowest BCUT2D eigenvalue weighted by Gasteiger charge is -2.10. The molecule has 0 aliphatic carbocycles. The molecule has 0 radical (unpaired) electrons. The van der Waals surface area contributed by atoms with Gasteiger partial charge in [-0.25, -0.2) is 9.18 Å². The van der Waals surface area contributed by atoms with Crippen molar-refractivity contribution in [1.29, 1.82) is 0 Å². The smallest absolute Gasteiger partial charge is 0.387 e. The van der Waals surface area contributed by atoms with Crippen LogP contribution in [0.4, 0.5) is 18.2 Å². The van der Waals surface area contributed by atoms with Crippen LogP contribution < -0.4 is 10.1 Å². The molecule has 0 aliphatic heterocycles. The summed E-state index contributed by atoms with van der Waals surface area (Å²) in [6.45, 7) is 1.15. The number of thiophene rings is 1. The van der Waals surface area contributed by atoms with Gasteiger partial charge in [-0.3, -0.25) is 9.36 Å². The fraction of sp³-hybridized carbons (Fsp3) is 0.154. The zero-order valence-corrected chi connectivity index (χ0v) is 22.0. The first kappa shape index (κ1) is 27.9. The Balaban J connectivity index is 1.49. The summed E-state index contributed by atoms with van der Waals surface area (Å²) in [6, 6.07) is 11.6. The number of rotatable bonds is 11. The van der Waals surface area contributed by atoms with E-state index in [2.05, 4.69) is 26.8 Å². The second-order valence-corrected chi connectivity index (χ2v) is 9.62. The van der Waals surface area contributed by atoms with Crippen molar-refractivity contribution in [3.05, 3.63) is 77.9 Å². The number of thioether (sulfide) groups is 1. The highest BCUT2D eigenvalue weighted by atomic mass is 32.2. The maximum Gasteiger partial charge on any atom is 0.387 e. The highest BCUT2D eigenvalue weighted by molar-refractivity contribution is 7.99. The molecule has 2 aromatic heterocycles. The van der Waals surface area contributed by atoms with Crippen molar-refractivity contribution < 1.29 is 32.2 Å². The van der Waals surface area contributed by atoms with Gasteiger partial charge in [0.15, 0.2) is 11.0 Å². The number of halogens is 3. The molecule has 0 aliphatic rings. The SMILES string of the molecule is C=CCn1c(SCC(=O)Nc2scc(-c3ccc(F)cc3)c2C(=O)OC)nnc1-c1ccc(OC(F)F)cc1. The zero-order valence-electron chi connectivity index (χ0n) is 20.4.